The number of nitrogens with zero attached hydrogens (tertiary/aromatic N) is 3. The highest BCUT2D eigenvalue weighted by Crippen LogP contribution is 2.35. The van der Waals surface area contributed by atoms with Crippen molar-refractivity contribution in [3.8, 4) is 16.8 Å². The Morgan fingerprint density at radius 2 is 1.07 bits per heavy atom. The molecule has 0 amide bonds. The number of furan rings is 1. The molecule has 0 fully saturated rings. The van der Waals surface area contributed by atoms with Crippen LogP contribution in [0.25, 0.3) is 60.6 Å². The van der Waals surface area contributed by atoms with Gasteiger partial charge >= 0.3 is 0 Å². The van der Waals surface area contributed by atoms with Crippen LogP contribution in [0.5, 0.6) is 0 Å². The first kappa shape index (κ1) is 35.2. The van der Waals surface area contributed by atoms with Crippen LogP contribution in [0.3, 0.4) is 0 Å². The van der Waals surface area contributed by atoms with E-state index >= 15 is 0 Å². The SMILES string of the molecule is [B]c1c([B])c([B])c2c(c1[B])c1c([B])c([B])c(-c3ccccc3)c([B])c1n2-c1ccc2oc3ccc(C4=NC(c5ccccc5)=NC(c5ccccc5)N4)cc3c2c1. The molecule has 2 aromatic heterocycles. The van der Waals surface area contributed by atoms with Crippen molar-refractivity contribution in [3.63, 3.8) is 0 Å². The molecule has 1 atom stereocenters. The van der Waals surface area contributed by atoms with Crippen LogP contribution < -0.4 is 43.6 Å². The van der Waals surface area contributed by atoms with Gasteiger partial charge in [-0.1, -0.05) is 118 Å². The van der Waals surface area contributed by atoms with Crippen molar-refractivity contribution >= 4 is 149 Å². The fourth-order valence-corrected chi connectivity index (χ4v) is 8.04. The van der Waals surface area contributed by atoms with Gasteiger partial charge in [0.15, 0.2) is 5.84 Å². The van der Waals surface area contributed by atoms with Crippen molar-refractivity contribution in [1.29, 1.82) is 0 Å². The van der Waals surface area contributed by atoms with E-state index in [1.54, 1.807) is 0 Å². The minimum Gasteiger partial charge on any atom is -0.456 e. The van der Waals surface area contributed by atoms with Gasteiger partial charge in [0.25, 0.3) is 0 Å². The van der Waals surface area contributed by atoms with Gasteiger partial charge in [-0.15, -0.1) is 10.9 Å². The summed E-state index contributed by atoms with van der Waals surface area (Å²) in [6.07, 6.45) is -0.348. The third kappa shape index (κ3) is 5.49. The first-order chi connectivity index (χ1) is 27.7. The molecule has 1 aliphatic rings. The van der Waals surface area contributed by atoms with E-state index in [9.17, 15) is 0 Å². The third-order valence-corrected chi connectivity index (χ3v) is 10.9. The topological polar surface area (TPSA) is 54.8 Å². The summed E-state index contributed by atoms with van der Waals surface area (Å²) in [4.78, 5) is 10.0. The summed E-state index contributed by atoms with van der Waals surface area (Å²) in [7, 11) is 47.4. The molecule has 10 rings (SSSR count). The van der Waals surface area contributed by atoms with E-state index < -0.39 is 0 Å². The van der Waals surface area contributed by atoms with Crippen molar-refractivity contribution in [1.82, 2.24) is 9.88 Å². The molecular weight excluding hydrogens is 688 g/mol. The lowest BCUT2D eigenvalue weighted by atomic mass is 9.64. The van der Waals surface area contributed by atoms with Crippen LogP contribution in [0.1, 0.15) is 22.9 Å². The molecule has 7 aromatic carbocycles. The van der Waals surface area contributed by atoms with E-state index in [1.165, 1.54) is 0 Å². The summed E-state index contributed by atoms with van der Waals surface area (Å²) in [5.41, 5.74) is 9.11. The second-order valence-electron chi connectivity index (χ2n) is 14.1. The molecule has 1 N–H and O–H groups in total. The predicted octanol–water partition coefficient (Wildman–Crippen LogP) is 2.40. The van der Waals surface area contributed by atoms with Crippen LogP contribution in [0, 0.1) is 0 Å². The van der Waals surface area contributed by atoms with Crippen molar-refractivity contribution in [2.75, 3.05) is 0 Å². The lowest BCUT2D eigenvalue weighted by Crippen LogP contribution is -2.48. The van der Waals surface area contributed by atoms with E-state index in [0.717, 1.165) is 33.0 Å². The predicted molar refractivity (Wildman–Crippen MR) is 243 cm³/mol. The van der Waals surface area contributed by atoms with Crippen LogP contribution in [0.4, 0.5) is 0 Å². The quantitative estimate of drug-likeness (QED) is 0.279. The third-order valence-electron chi connectivity index (χ3n) is 10.9. The van der Waals surface area contributed by atoms with E-state index in [-0.39, 0.29) is 28.0 Å². The van der Waals surface area contributed by atoms with Crippen molar-refractivity contribution in [2.45, 2.75) is 6.17 Å². The average Bonchev–Trinajstić information content (AvgIpc) is 3.81. The molecule has 0 saturated heterocycles. The maximum Gasteiger partial charge on any atom is 0.159 e. The molecule has 0 saturated carbocycles. The highest BCUT2D eigenvalue weighted by atomic mass is 16.3. The molecule has 12 heteroatoms. The lowest BCUT2D eigenvalue weighted by Gasteiger charge is -2.23. The number of fused-ring (bicyclic) bond motifs is 6. The molecule has 57 heavy (non-hydrogen) atoms. The second kappa shape index (κ2) is 13.4. The number of rotatable bonds is 5. The number of amidine groups is 2. The van der Waals surface area contributed by atoms with Crippen LogP contribution in [-0.2, 0) is 0 Å². The van der Waals surface area contributed by atoms with Crippen molar-refractivity contribution in [3.05, 3.63) is 144 Å². The molecule has 0 spiro atoms. The Bertz CT molecular complexity index is 3180. The van der Waals surface area contributed by atoms with Crippen LogP contribution in [0.15, 0.2) is 142 Å². The molecular formula is C45H23B7N4O. The second-order valence-corrected chi connectivity index (χ2v) is 14.1. The van der Waals surface area contributed by atoms with Gasteiger partial charge in [-0.25, -0.2) is 9.98 Å². The lowest BCUT2D eigenvalue weighted by molar-refractivity contribution is 0.668. The van der Waals surface area contributed by atoms with Gasteiger partial charge in [0.2, 0.25) is 0 Å². The highest BCUT2D eigenvalue weighted by Gasteiger charge is 2.25. The minimum absolute atomic E-state index is 0.153. The summed E-state index contributed by atoms with van der Waals surface area (Å²) < 4.78 is 8.34. The molecule has 1 unspecified atom stereocenters. The molecule has 0 aliphatic carbocycles. The minimum atomic E-state index is -0.348. The van der Waals surface area contributed by atoms with E-state index in [0.29, 0.717) is 72.3 Å². The fourth-order valence-electron chi connectivity index (χ4n) is 8.04. The van der Waals surface area contributed by atoms with Gasteiger partial charge < -0.3 is 14.3 Å². The molecule has 9 aromatic rings. The van der Waals surface area contributed by atoms with Crippen molar-refractivity contribution < 1.29 is 4.42 Å². The number of hydrogen-bond acceptors (Lipinski definition) is 4. The molecule has 0 bridgehead atoms. The number of nitrogens with one attached hydrogen (secondary N) is 1. The van der Waals surface area contributed by atoms with E-state index in [1.807, 2.05) is 114 Å². The van der Waals surface area contributed by atoms with E-state index in [2.05, 4.69) is 23.5 Å². The maximum atomic E-state index is 7.14. The Morgan fingerprint density at radius 1 is 0.509 bits per heavy atom. The Morgan fingerprint density at radius 3 is 1.75 bits per heavy atom. The van der Waals surface area contributed by atoms with Gasteiger partial charge in [-0.3, -0.25) is 0 Å². The fraction of sp³-hybridized carbons (Fsp3) is 0.0222. The highest BCUT2D eigenvalue weighted by molar-refractivity contribution is 6.69. The number of benzene rings is 7. The zero-order chi connectivity index (χ0) is 39.1. The Balaban J connectivity index is 1.21. The Hall–Kier alpha value is -6.27. The number of aromatic nitrogens is 1. The first-order valence-corrected chi connectivity index (χ1v) is 18.3. The maximum absolute atomic E-state index is 7.14. The zero-order valence-corrected chi connectivity index (χ0v) is 30.5. The molecule has 1 aliphatic heterocycles. The first-order valence-electron chi connectivity index (χ1n) is 18.3. The average molecular weight is 711 g/mol. The smallest absolute Gasteiger partial charge is 0.159 e. The summed E-state index contributed by atoms with van der Waals surface area (Å²) in [5, 5.41) is 6.31. The van der Waals surface area contributed by atoms with Crippen molar-refractivity contribution in [2.24, 2.45) is 9.98 Å². The van der Waals surface area contributed by atoms with Crippen LogP contribution >= 0.6 is 0 Å². The standard InChI is InChI=1S/C45H23B7N4O/c46-34-31(22-10-4-1-5-11-22)37(49)41-32(35(34)47)33-36(48)38(50)39(51)40(52)42(33)56(41)26-17-19-30-28(21-26)27-20-25(16-18-29(27)57-30)45-54-43(23-12-6-2-7-13-23)53-44(55-45)24-14-8-3-9-15-24/h1-21,43H,(H,53,54,55). The van der Waals surface area contributed by atoms with Crippen LogP contribution in [-0.4, -0.2) is 71.2 Å². The monoisotopic (exact) mass is 712 g/mol. The zero-order valence-electron chi connectivity index (χ0n) is 30.5. The summed E-state index contributed by atoms with van der Waals surface area (Å²) in [5.74, 6) is 1.31. The molecule has 250 valence electrons. The van der Waals surface area contributed by atoms with Gasteiger partial charge in [-0.05, 0) is 63.9 Å². The van der Waals surface area contributed by atoms with Crippen LogP contribution in [0.2, 0.25) is 0 Å². The summed E-state index contributed by atoms with van der Waals surface area (Å²) in [6, 6.07) is 41.6. The Labute approximate surface area is 338 Å². The van der Waals surface area contributed by atoms with Gasteiger partial charge in [0, 0.05) is 38.6 Å². The number of aliphatic imine (C=N–C) groups is 2. The van der Waals surface area contributed by atoms with E-state index in [4.69, 9.17) is 69.3 Å². The molecule has 3 heterocycles. The molecule has 14 radical (unpaired) electrons. The van der Waals surface area contributed by atoms with Gasteiger partial charge in [0.1, 0.15) is 78.1 Å². The van der Waals surface area contributed by atoms with Gasteiger partial charge in [-0.2, -0.15) is 0 Å². The molecule has 5 nitrogen and oxygen atoms in total. The Kier molecular flexibility index (Phi) is 8.30. The summed E-state index contributed by atoms with van der Waals surface area (Å²) in [6.45, 7) is 0. The number of hydrogen-bond donors (Lipinski definition) is 1. The van der Waals surface area contributed by atoms with Gasteiger partial charge in [0.05, 0.1) is 0 Å². The normalized spacial score (nSPS) is 14.3. The summed E-state index contributed by atoms with van der Waals surface area (Å²) >= 11 is 0. The largest absolute Gasteiger partial charge is 0.456 e.